The van der Waals surface area contributed by atoms with Crippen molar-refractivity contribution in [3.05, 3.63) is 11.8 Å². The van der Waals surface area contributed by atoms with Crippen LogP contribution in [0.4, 0.5) is 4.79 Å². The molecule has 0 saturated heterocycles. The molecule has 1 unspecified atom stereocenters. The van der Waals surface area contributed by atoms with Crippen LogP contribution in [0.1, 0.15) is 30.3 Å². The lowest BCUT2D eigenvalue weighted by atomic mass is 10.2. The number of nitrogens with zero attached hydrogens (tertiary/aromatic N) is 1. The summed E-state index contributed by atoms with van der Waals surface area (Å²) >= 11 is 0. The van der Waals surface area contributed by atoms with Gasteiger partial charge in [-0.05, 0) is 11.6 Å². The van der Waals surface area contributed by atoms with Gasteiger partial charge in [-0.15, -0.1) is 0 Å². The number of methoxy groups -OCH3 is 1. The van der Waals surface area contributed by atoms with Gasteiger partial charge < -0.3 is 33.9 Å². The Morgan fingerprint density at radius 3 is 2.72 bits per heavy atom. The largest absolute Gasteiger partial charge is 0.511 e. The van der Waals surface area contributed by atoms with Crippen molar-refractivity contribution in [3.8, 4) is 5.88 Å². The molecule has 0 aromatic carbocycles. The number of ether oxygens (including phenoxy) is 4. The average Bonchev–Trinajstić information content (AvgIpc) is 3.08. The third-order valence-corrected chi connectivity index (χ3v) is 2.70. The predicted octanol–water partition coefficient (Wildman–Crippen LogP) is 0.228. The second-order valence-corrected chi connectivity index (χ2v) is 4.62. The van der Waals surface area contributed by atoms with E-state index in [1.807, 2.05) is 0 Å². The smallest absolute Gasteiger partial charge is 0.479 e. The summed E-state index contributed by atoms with van der Waals surface area (Å²) in [5, 5.41) is 15.5. The molecule has 0 saturated carbocycles. The summed E-state index contributed by atoms with van der Waals surface area (Å²) in [7, 11) is 1.37. The Morgan fingerprint density at radius 2 is 2.08 bits per heavy atom. The van der Waals surface area contributed by atoms with E-state index in [1.54, 1.807) is 6.92 Å². The highest BCUT2D eigenvalue weighted by atomic mass is 16.8. The molecule has 1 atom stereocenters. The maximum Gasteiger partial charge on any atom is 0.511 e. The molecule has 25 heavy (non-hydrogen) atoms. The van der Waals surface area contributed by atoms with E-state index >= 15 is 0 Å². The first-order valence-corrected chi connectivity index (χ1v) is 7.41. The molecule has 11 heteroatoms. The van der Waals surface area contributed by atoms with Crippen molar-refractivity contribution in [3.63, 3.8) is 0 Å². The van der Waals surface area contributed by atoms with Crippen LogP contribution in [0, 0.1) is 0 Å². The number of amides is 1. The highest BCUT2D eigenvalue weighted by Crippen LogP contribution is 2.10. The van der Waals surface area contributed by atoms with Gasteiger partial charge in [0, 0.05) is 13.0 Å². The summed E-state index contributed by atoms with van der Waals surface area (Å²) in [5.74, 6) is -1.52. The minimum Gasteiger partial charge on any atom is -0.479 e. The van der Waals surface area contributed by atoms with Gasteiger partial charge in [0.1, 0.15) is 0 Å². The molecule has 1 aromatic rings. The third-order valence-electron chi connectivity index (χ3n) is 2.70. The predicted molar refractivity (Wildman–Crippen MR) is 79.7 cm³/mol. The van der Waals surface area contributed by atoms with Gasteiger partial charge in [0.2, 0.25) is 12.6 Å². The number of aliphatic hydroxyl groups excluding tert-OH is 1. The Bertz CT molecular complexity index is 572. The Hall–Kier alpha value is -2.82. The molecule has 0 aliphatic carbocycles. The molecule has 0 spiro atoms. The number of rotatable bonds is 10. The van der Waals surface area contributed by atoms with Gasteiger partial charge in [0.15, 0.2) is 6.10 Å². The van der Waals surface area contributed by atoms with Crippen LogP contribution >= 0.6 is 0 Å². The molecular weight excluding hydrogens is 340 g/mol. The normalized spacial score (nSPS) is 11.3. The molecule has 0 aliphatic rings. The molecule has 1 rings (SSSR count). The van der Waals surface area contributed by atoms with Gasteiger partial charge in [-0.1, -0.05) is 6.92 Å². The second kappa shape index (κ2) is 10.9. The summed E-state index contributed by atoms with van der Waals surface area (Å²) in [6.45, 7) is 1.29. The Kier molecular flexibility index (Phi) is 8.79. The number of carbonyl (C=O) groups is 3. The first kappa shape index (κ1) is 20.2. The molecule has 140 valence electrons. The van der Waals surface area contributed by atoms with Crippen LogP contribution in [0.3, 0.4) is 0 Å². The zero-order valence-electron chi connectivity index (χ0n) is 13.9. The van der Waals surface area contributed by atoms with E-state index in [2.05, 4.69) is 24.7 Å². The SMILES string of the molecule is CCCOC(=O)OCOC(=O)C(O)CCNC(=O)c1cc(OC)no1. The fourth-order valence-electron chi connectivity index (χ4n) is 1.45. The van der Waals surface area contributed by atoms with Crippen molar-refractivity contribution < 1.29 is 43.0 Å². The number of aromatic nitrogens is 1. The monoisotopic (exact) mass is 360 g/mol. The van der Waals surface area contributed by atoms with Crippen molar-refractivity contribution in [1.29, 1.82) is 0 Å². The van der Waals surface area contributed by atoms with Crippen LogP contribution in [0.5, 0.6) is 5.88 Å². The fourth-order valence-corrected chi connectivity index (χ4v) is 1.45. The van der Waals surface area contributed by atoms with Crippen LogP contribution in [-0.2, 0) is 19.0 Å². The van der Waals surface area contributed by atoms with Crippen molar-refractivity contribution in [2.75, 3.05) is 27.1 Å². The third kappa shape index (κ3) is 7.52. The maximum absolute atomic E-state index is 11.7. The molecule has 1 amide bonds. The minimum atomic E-state index is -1.50. The number of hydrogen-bond donors (Lipinski definition) is 2. The summed E-state index contributed by atoms with van der Waals surface area (Å²) < 4.78 is 23.1. The molecule has 11 nitrogen and oxygen atoms in total. The summed E-state index contributed by atoms with van der Waals surface area (Å²) in [6, 6.07) is 1.29. The van der Waals surface area contributed by atoms with Gasteiger partial charge in [-0.2, -0.15) is 0 Å². The molecular formula is C14H20N2O9. The molecule has 1 aromatic heterocycles. The van der Waals surface area contributed by atoms with Crippen LogP contribution in [0.15, 0.2) is 10.6 Å². The minimum absolute atomic E-state index is 0.0302. The zero-order valence-corrected chi connectivity index (χ0v) is 13.9. The van der Waals surface area contributed by atoms with E-state index in [0.29, 0.717) is 6.42 Å². The Labute approximate surface area is 143 Å². The first-order chi connectivity index (χ1) is 12.0. The van der Waals surface area contributed by atoms with Crippen LogP contribution in [-0.4, -0.2) is 61.5 Å². The lowest BCUT2D eigenvalue weighted by Crippen LogP contribution is -2.31. The molecule has 1 heterocycles. The molecule has 0 bridgehead atoms. The standard InChI is InChI=1S/C14H20N2O9/c1-3-6-22-14(20)24-8-23-13(19)9(17)4-5-15-12(18)10-7-11(21-2)16-25-10/h7,9,17H,3-6,8H2,1-2H3,(H,15,18). The first-order valence-electron chi connectivity index (χ1n) is 7.41. The summed E-state index contributed by atoms with van der Waals surface area (Å²) in [6.07, 6.45) is -1.96. The van der Waals surface area contributed by atoms with E-state index in [1.165, 1.54) is 13.2 Å². The topological polar surface area (TPSA) is 146 Å². The second-order valence-electron chi connectivity index (χ2n) is 4.62. The van der Waals surface area contributed by atoms with Crippen LogP contribution in [0.25, 0.3) is 0 Å². The highest BCUT2D eigenvalue weighted by molar-refractivity contribution is 5.91. The van der Waals surface area contributed by atoms with Crippen LogP contribution in [0.2, 0.25) is 0 Å². The summed E-state index contributed by atoms with van der Waals surface area (Å²) in [5.41, 5.74) is 0. The molecule has 0 aliphatic heterocycles. The van der Waals surface area contributed by atoms with Gasteiger partial charge in [-0.25, -0.2) is 9.59 Å². The highest BCUT2D eigenvalue weighted by Gasteiger charge is 2.19. The van der Waals surface area contributed by atoms with E-state index < -0.39 is 30.9 Å². The van der Waals surface area contributed by atoms with Crippen molar-refractivity contribution in [2.24, 2.45) is 0 Å². The molecule has 0 radical (unpaired) electrons. The van der Waals surface area contributed by atoms with Gasteiger partial charge >= 0.3 is 12.1 Å². The molecule has 2 N–H and O–H groups in total. The number of carbonyl (C=O) groups excluding carboxylic acids is 3. The van der Waals surface area contributed by atoms with Crippen molar-refractivity contribution in [2.45, 2.75) is 25.9 Å². The molecule has 0 fully saturated rings. The lowest BCUT2D eigenvalue weighted by molar-refractivity contribution is -0.163. The van der Waals surface area contributed by atoms with E-state index in [4.69, 9.17) is 9.26 Å². The van der Waals surface area contributed by atoms with Crippen molar-refractivity contribution in [1.82, 2.24) is 10.5 Å². The number of nitrogens with one attached hydrogen (secondary N) is 1. The number of hydrogen-bond acceptors (Lipinski definition) is 10. The maximum atomic E-state index is 11.7. The van der Waals surface area contributed by atoms with Gasteiger partial charge in [-0.3, -0.25) is 4.79 Å². The average molecular weight is 360 g/mol. The van der Waals surface area contributed by atoms with Gasteiger partial charge in [0.25, 0.3) is 11.8 Å². The van der Waals surface area contributed by atoms with Crippen molar-refractivity contribution >= 4 is 18.0 Å². The number of aliphatic hydroxyl groups is 1. The fraction of sp³-hybridized carbons (Fsp3) is 0.571. The Morgan fingerprint density at radius 1 is 1.32 bits per heavy atom. The van der Waals surface area contributed by atoms with E-state index in [-0.39, 0.29) is 31.2 Å². The lowest BCUT2D eigenvalue weighted by Gasteiger charge is -2.11. The Balaban J connectivity index is 2.20. The van der Waals surface area contributed by atoms with E-state index in [9.17, 15) is 19.5 Å². The van der Waals surface area contributed by atoms with E-state index in [0.717, 1.165) is 0 Å². The quantitative estimate of drug-likeness (QED) is 0.439. The summed E-state index contributed by atoms with van der Waals surface area (Å²) in [4.78, 5) is 34.1. The zero-order chi connectivity index (χ0) is 18.7. The van der Waals surface area contributed by atoms with Crippen LogP contribution < -0.4 is 10.1 Å². The number of esters is 1. The van der Waals surface area contributed by atoms with Gasteiger partial charge in [0.05, 0.1) is 19.8 Å².